The number of nitrogens with one attached hydrogen (secondary N) is 1. The van der Waals surface area contributed by atoms with Crippen LogP contribution in [0.2, 0.25) is 0 Å². The Bertz CT molecular complexity index is 720. The van der Waals surface area contributed by atoms with E-state index in [0.717, 1.165) is 0 Å². The molecule has 0 radical (unpaired) electrons. The van der Waals surface area contributed by atoms with E-state index in [1.165, 1.54) is 0 Å². The zero-order chi connectivity index (χ0) is 18.4. The SMILES string of the molecule is NC(=O)CC[C@H](N)C(=O)N[C@@]1(C(=O)O)CS(=O)(=O)[C@H]2[C@H](C(=O)O)[C@H]21. The molecule has 1 aliphatic carbocycles. The summed E-state index contributed by atoms with van der Waals surface area (Å²) in [4.78, 5) is 45.6. The van der Waals surface area contributed by atoms with Crippen LogP contribution in [0.25, 0.3) is 0 Å². The molecule has 12 heteroatoms. The van der Waals surface area contributed by atoms with Gasteiger partial charge in [-0.2, -0.15) is 0 Å². The number of hydrogen-bond acceptors (Lipinski definition) is 7. The number of hydrogen-bond donors (Lipinski definition) is 5. The summed E-state index contributed by atoms with van der Waals surface area (Å²) in [7, 11) is -3.99. The Morgan fingerprint density at radius 2 is 1.83 bits per heavy atom. The average molecular weight is 363 g/mol. The van der Waals surface area contributed by atoms with Crippen molar-refractivity contribution in [3.05, 3.63) is 0 Å². The van der Waals surface area contributed by atoms with Crippen LogP contribution in [0.1, 0.15) is 12.8 Å². The minimum absolute atomic E-state index is 0.153. The lowest BCUT2D eigenvalue weighted by molar-refractivity contribution is -0.148. The quantitative estimate of drug-likeness (QED) is 0.305. The van der Waals surface area contributed by atoms with Gasteiger partial charge in [0.15, 0.2) is 15.4 Å². The van der Waals surface area contributed by atoms with Crippen LogP contribution < -0.4 is 16.8 Å². The van der Waals surface area contributed by atoms with Gasteiger partial charge in [-0.25, -0.2) is 13.2 Å². The fraction of sp³-hybridized carbons (Fsp3) is 0.667. The van der Waals surface area contributed by atoms with E-state index in [-0.39, 0.29) is 12.8 Å². The molecule has 2 rings (SSSR count). The number of fused-ring (bicyclic) bond motifs is 1. The van der Waals surface area contributed by atoms with E-state index in [0.29, 0.717) is 0 Å². The fourth-order valence-electron chi connectivity index (χ4n) is 3.24. The molecule has 11 nitrogen and oxygen atoms in total. The number of primary amides is 1. The topological polar surface area (TPSA) is 207 Å². The molecule has 0 unspecified atom stereocenters. The van der Waals surface area contributed by atoms with E-state index in [1.54, 1.807) is 0 Å². The number of carboxylic acid groups (broad SMARTS) is 2. The summed E-state index contributed by atoms with van der Waals surface area (Å²) in [6.07, 6.45) is -0.364. The Balaban J connectivity index is 2.24. The lowest BCUT2D eigenvalue weighted by Crippen LogP contribution is -2.61. The van der Waals surface area contributed by atoms with Crippen LogP contribution in [0.3, 0.4) is 0 Å². The molecule has 2 fully saturated rings. The van der Waals surface area contributed by atoms with E-state index < -0.39 is 68.0 Å². The summed E-state index contributed by atoms with van der Waals surface area (Å²) >= 11 is 0. The van der Waals surface area contributed by atoms with E-state index in [9.17, 15) is 32.7 Å². The molecule has 134 valence electrons. The lowest BCUT2D eigenvalue weighted by Gasteiger charge is -2.28. The highest BCUT2D eigenvalue weighted by Gasteiger charge is 2.79. The van der Waals surface area contributed by atoms with Gasteiger partial charge in [0.2, 0.25) is 11.8 Å². The smallest absolute Gasteiger partial charge is 0.330 e. The second-order valence-electron chi connectivity index (χ2n) is 6.04. The first kappa shape index (κ1) is 18.1. The summed E-state index contributed by atoms with van der Waals surface area (Å²) in [6.45, 7) is 0. The molecule has 1 saturated carbocycles. The van der Waals surface area contributed by atoms with E-state index in [1.807, 2.05) is 0 Å². The molecular formula is C12H17N3O8S. The van der Waals surface area contributed by atoms with Crippen molar-refractivity contribution >= 4 is 33.6 Å². The van der Waals surface area contributed by atoms with Crippen LogP contribution in [0.5, 0.6) is 0 Å². The number of sulfone groups is 1. The van der Waals surface area contributed by atoms with Gasteiger partial charge >= 0.3 is 11.9 Å². The van der Waals surface area contributed by atoms with Crippen LogP contribution in [0.4, 0.5) is 0 Å². The number of carboxylic acids is 2. The summed E-state index contributed by atoms with van der Waals surface area (Å²) in [5.74, 6) is -8.31. The second kappa shape index (κ2) is 5.70. The van der Waals surface area contributed by atoms with E-state index in [2.05, 4.69) is 5.32 Å². The highest BCUT2D eigenvalue weighted by Crippen LogP contribution is 2.57. The molecule has 0 aromatic heterocycles. The zero-order valence-corrected chi connectivity index (χ0v) is 13.2. The van der Waals surface area contributed by atoms with Crippen LogP contribution >= 0.6 is 0 Å². The minimum atomic E-state index is -3.99. The Morgan fingerprint density at radius 3 is 2.25 bits per heavy atom. The monoisotopic (exact) mass is 363 g/mol. The van der Waals surface area contributed by atoms with E-state index >= 15 is 0 Å². The summed E-state index contributed by atoms with van der Waals surface area (Å²) in [5.41, 5.74) is 8.23. The summed E-state index contributed by atoms with van der Waals surface area (Å²) < 4.78 is 24.1. The zero-order valence-electron chi connectivity index (χ0n) is 12.3. The van der Waals surface area contributed by atoms with Crippen LogP contribution in [0, 0.1) is 11.8 Å². The largest absolute Gasteiger partial charge is 0.481 e. The number of amides is 2. The van der Waals surface area contributed by atoms with Crippen molar-refractivity contribution in [2.45, 2.75) is 29.7 Å². The average Bonchev–Trinajstić information content (AvgIpc) is 3.15. The molecule has 0 aromatic carbocycles. The number of carbonyl (C=O) groups is 4. The molecule has 1 aliphatic heterocycles. The van der Waals surface area contributed by atoms with Crippen molar-refractivity contribution in [1.29, 1.82) is 0 Å². The Morgan fingerprint density at radius 1 is 1.25 bits per heavy atom. The molecular weight excluding hydrogens is 346 g/mol. The maximum Gasteiger partial charge on any atom is 0.330 e. The van der Waals surface area contributed by atoms with Crippen LogP contribution in [0.15, 0.2) is 0 Å². The van der Waals surface area contributed by atoms with Gasteiger partial charge in [0, 0.05) is 12.3 Å². The standard InChI is InChI=1S/C12H17N3O8S/c13-4(1-2-5(14)16)9(17)15-12(11(20)21)3-24(22,23)8-6(7(8)12)10(18)19/h4,6-8H,1-3,13H2,(H2,14,16)(H,15,17)(H,18,19)(H,20,21)/t4-,6+,7+,8-,12-/m0/s1. The number of nitrogens with two attached hydrogens (primary N) is 2. The predicted molar refractivity (Wildman–Crippen MR) is 77.1 cm³/mol. The highest BCUT2D eigenvalue weighted by atomic mass is 32.2. The van der Waals surface area contributed by atoms with Gasteiger partial charge in [-0.3, -0.25) is 14.4 Å². The van der Waals surface area contributed by atoms with Crippen molar-refractivity contribution in [1.82, 2.24) is 5.32 Å². The highest BCUT2D eigenvalue weighted by molar-refractivity contribution is 7.92. The fourth-order valence-corrected chi connectivity index (χ4v) is 5.94. The van der Waals surface area contributed by atoms with Gasteiger partial charge < -0.3 is 27.0 Å². The molecule has 2 aliphatic rings. The third-order valence-corrected chi connectivity index (χ3v) is 6.69. The molecule has 1 saturated heterocycles. The minimum Gasteiger partial charge on any atom is -0.481 e. The van der Waals surface area contributed by atoms with Crippen molar-refractivity contribution < 1.29 is 37.8 Å². The number of aliphatic carboxylic acids is 2. The molecule has 0 aromatic rings. The first-order chi connectivity index (χ1) is 10.9. The van der Waals surface area contributed by atoms with Gasteiger partial charge in [-0.1, -0.05) is 0 Å². The first-order valence-electron chi connectivity index (χ1n) is 6.97. The van der Waals surface area contributed by atoms with Crippen LogP contribution in [-0.2, 0) is 29.0 Å². The van der Waals surface area contributed by atoms with Crippen molar-refractivity contribution in [2.24, 2.45) is 23.3 Å². The maximum atomic E-state index is 12.1. The van der Waals surface area contributed by atoms with Crippen molar-refractivity contribution in [2.75, 3.05) is 5.75 Å². The second-order valence-corrected chi connectivity index (χ2v) is 8.20. The molecule has 2 amide bonds. The predicted octanol–water partition coefficient (Wildman–Crippen LogP) is -3.35. The van der Waals surface area contributed by atoms with Crippen LogP contribution in [-0.4, -0.2) is 65.0 Å². The molecule has 0 bridgehead atoms. The molecule has 5 atom stereocenters. The maximum absolute atomic E-state index is 12.1. The molecule has 7 N–H and O–H groups in total. The van der Waals surface area contributed by atoms with E-state index in [4.69, 9.17) is 16.6 Å². The Hall–Kier alpha value is -2.21. The molecule has 24 heavy (non-hydrogen) atoms. The molecule has 0 spiro atoms. The third-order valence-electron chi connectivity index (χ3n) is 4.42. The van der Waals surface area contributed by atoms with Gasteiger partial charge in [0.25, 0.3) is 0 Å². The third kappa shape index (κ3) is 2.82. The number of carbonyl (C=O) groups excluding carboxylic acids is 2. The molecule has 1 heterocycles. The first-order valence-corrected chi connectivity index (χ1v) is 8.69. The Kier molecular flexibility index (Phi) is 4.31. The van der Waals surface area contributed by atoms with Gasteiger partial charge in [0.1, 0.15) is 0 Å². The number of rotatable bonds is 7. The Labute approximate surface area is 136 Å². The van der Waals surface area contributed by atoms with Gasteiger partial charge in [0.05, 0.1) is 23.0 Å². The summed E-state index contributed by atoms with van der Waals surface area (Å²) in [6, 6.07) is -1.28. The van der Waals surface area contributed by atoms with Crippen molar-refractivity contribution in [3.8, 4) is 0 Å². The summed E-state index contributed by atoms with van der Waals surface area (Å²) in [5, 5.41) is 19.3. The van der Waals surface area contributed by atoms with Crippen molar-refractivity contribution in [3.63, 3.8) is 0 Å². The van der Waals surface area contributed by atoms with Gasteiger partial charge in [-0.05, 0) is 6.42 Å². The normalized spacial score (nSPS) is 34.0. The van der Waals surface area contributed by atoms with Gasteiger partial charge in [-0.15, -0.1) is 0 Å². The lowest BCUT2D eigenvalue weighted by atomic mass is 9.93.